The third kappa shape index (κ3) is 3.14. The molecule has 3 aromatic rings. The molecule has 0 unspecified atom stereocenters. The van der Waals surface area contributed by atoms with Crippen LogP contribution in [0.3, 0.4) is 0 Å². The summed E-state index contributed by atoms with van der Waals surface area (Å²) in [4.78, 5) is 18.2. The van der Waals surface area contributed by atoms with Crippen LogP contribution in [0.4, 0.5) is 10.1 Å². The van der Waals surface area contributed by atoms with Crippen molar-refractivity contribution in [2.75, 3.05) is 18.0 Å². The van der Waals surface area contributed by atoms with Gasteiger partial charge in [0.15, 0.2) is 5.76 Å². The Morgan fingerprint density at radius 2 is 2.07 bits per heavy atom. The van der Waals surface area contributed by atoms with Crippen LogP contribution < -0.4 is 9.62 Å². The summed E-state index contributed by atoms with van der Waals surface area (Å²) in [6.07, 6.45) is 2.49. The maximum Gasteiger partial charge on any atom is 0.300 e. The highest BCUT2D eigenvalue weighted by atomic mass is 32.2. The highest BCUT2D eigenvalue weighted by Gasteiger charge is 2.24. The minimum Gasteiger partial charge on any atom is -0.451 e. The van der Waals surface area contributed by atoms with Crippen molar-refractivity contribution in [3.8, 4) is 0 Å². The quantitative estimate of drug-likeness (QED) is 0.737. The summed E-state index contributed by atoms with van der Waals surface area (Å²) < 4.78 is 46.5. The van der Waals surface area contributed by atoms with Gasteiger partial charge in [0.05, 0.1) is 11.1 Å². The molecule has 0 atom stereocenters. The van der Waals surface area contributed by atoms with Gasteiger partial charge in [-0.3, -0.25) is 9.78 Å². The molecule has 1 fully saturated rings. The first-order valence-electron chi connectivity index (χ1n) is 8.32. The number of aryl methyl sites for hydroxylation is 1. The van der Waals surface area contributed by atoms with E-state index in [2.05, 4.69) is 4.98 Å². The molecule has 2 aromatic heterocycles. The third-order valence-electron chi connectivity index (χ3n) is 4.49. The van der Waals surface area contributed by atoms with Crippen molar-refractivity contribution >= 4 is 32.6 Å². The molecule has 27 heavy (non-hydrogen) atoms. The molecule has 1 aromatic carbocycles. The molecular formula is C18H16FN3O4S. The lowest BCUT2D eigenvalue weighted by atomic mass is 10.1. The van der Waals surface area contributed by atoms with E-state index < -0.39 is 21.7 Å². The second-order valence-corrected chi connectivity index (χ2v) is 7.96. The first-order chi connectivity index (χ1) is 12.8. The van der Waals surface area contributed by atoms with Crippen molar-refractivity contribution in [1.82, 2.24) is 9.71 Å². The molecule has 0 spiro atoms. The second-order valence-electron chi connectivity index (χ2n) is 6.31. The Labute approximate surface area is 154 Å². The summed E-state index contributed by atoms with van der Waals surface area (Å²) >= 11 is 0. The zero-order valence-electron chi connectivity index (χ0n) is 14.4. The average molecular weight is 389 g/mol. The van der Waals surface area contributed by atoms with Crippen LogP contribution in [-0.2, 0) is 10.0 Å². The number of fused-ring (bicyclic) bond motifs is 1. The summed E-state index contributed by atoms with van der Waals surface area (Å²) in [5.41, 5.74) is 1.12. The molecular weight excluding hydrogens is 373 g/mol. The van der Waals surface area contributed by atoms with Gasteiger partial charge in [-0.1, -0.05) is 0 Å². The van der Waals surface area contributed by atoms with E-state index in [1.807, 2.05) is 9.62 Å². The molecule has 0 radical (unpaired) electrons. The van der Waals surface area contributed by atoms with Crippen molar-refractivity contribution in [2.24, 2.45) is 0 Å². The van der Waals surface area contributed by atoms with Crippen molar-refractivity contribution in [2.45, 2.75) is 18.2 Å². The van der Waals surface area contributed by atoms with Gasteiger partial charge in [0.2, 0.25) is 0 Å². The van der Waals surface area contributed by atoms with Crippen LogP contribution in [-0.4, -0.2) is 32.4 Å². The predicted molar refractivity (Wildman–Crippen MR) is 96.6 cm³/mol. The van der Waals surface area contributed by atoms with E-state index in [4.69, 9.17) is 4.42 Å². The van der Waals surface area contributed by atoms with Crippen LogP contribution >= 0.6 is 0 Å². The molecule has 3 heterocycles. The van der Waals surface area contributed by atoms with Gasteiger partial charge in [-0.05, 0) is 31.5 Å². The van der Waals surface area contributed by atoms with Crippen molar-refractivity contribution in [1.29, 1.82) is 0 Å². The second kappa shape index (κ2) is 6.34. The molecule has 1 amide bonds. The van der Waals surface area contributed by atoms with E-state index in [0.717, 1.165) is 19.5 Å². The highest BCUT2D eigenvalue weighted by Crippen LogP contribution is 2.30. The molecule has 4 rings (SSSR count). The van der Waals surface area contributed by atoms with E-state index in [-0.39, 0.29) is 27.3 Å². The van der Waals surface area contributed by atoms with Crippen molar-refractivity contribution in [3.05, 3.63) is 53.8 Å². The molecule has 1 N–H and O–H groups in total. The number of rotatable bonds is 4. The fraction of sp³-hybridized carbons (Fsp3) is 0.222. The fourth-order valence-electron chi connectivity index (χ4n) is 2.93. The summed E-state index contributed by atoms with van der Waals surface area (Å²) in [6.45, 7) is 3.19. The van der Waals surface area contributed by atoms with Gasteiger partial charge in [-0.2, -0.15) is 0 Å². The maximum absolute atomic E-state index is 14.4. The lowest BCUT2D eigenvalue weighted by Gasteiger charge is -2.33. The topological polar surface area (TPSA) is 92.5 Å². The SMILES string of the molecule is Cc1ncccc1S(=O)(=O)NC(=O)c1cc2c(F)cc(N3CCC3)cc2o1. The first-order valence-corrected chi connectivity index (χ1v) is 9.80. The number of benzene rings is 1. The monoisotopic (exact) mass is 389 g/mol. The van der Waals surface area contributed by atoms with E-state index in [1.54, 1.807) is 6.07 Å². The van der Waals surface area contributed by atoms with Gasteiger partial charge in [0.1, 0.15) is 16.3 Å². The number of amides is 1. The van der Waals surface area contributed by atoms with E-state index in [0.29, 0.717) is 5.69 Å². The third-order valence-corrected chi connectivity index (χ3v) is 5.96. The Bertz CT molecular complexity index is 1150. The molecule has 140 valence electrons. The molecule has 1 aliphatic rings. The van der Waals surface area contributed by atoms with Gasteiger partial charge in [-0.15, -0.1) is 0 Å². The fourth-order valence-corrected chi connectivity index (χ4v) is 4.09. The molecule has 1 aliphatic heterocycles. The van der Waals surface area contributed by atoms with E-state index in [1.165, 1.54) is 37.4 Å². The number of pyridine rings is 1. The Morgan fingerprint density at radius 1 is 1.30 bits per heavy atom. The van der Waals surface area contributed by atoms with Crippen LogP contribution in [0.1, 0.15) is 22.7 Å². The highest BCUT2D eigenvalue weighted by molar-refractivity contribution is 7.90. The number of hydrogen-bond donors (Lipinski definition) is 1. The standard InChI is InChI=1S/C18H16FN3O4S/c1-11-17(4-2-5-20-11)27(24,25)21-18(23)16-10-13-14(19)8-12(9-15(13)26-16)22-6-3-7-22/h2,4-5,8-10H,3,6-7H2,1H3,(H,21,23). The van der Waals surface area contributed by atoms with Crippen LogP contribution in [0, 0.1) is 12.7 Å². The lowest BCUT2D eigenvalue weighted by molar-refractivity contribution is 0.0956. The molecule has 1 saturated heterocycles. The van der Waals surface area contributed by atoms with Crippen LogP contribution in [0.5, 0.6) is 0 Å². The van der Waals surface area contributed by atoms with Crippen LogP contribution in [0.25, 0.3) is 11.0 Å². The Balaban J connectivity index is 1.65. The van der Waals surface area contributed by atoms with Gasteiger partial charge in [-0.25, -0.2) is 17.5 Å². The van der Waals surface area contributed by atoms with Gasteiger partial charge >= 0.3 is 5.91 Å². The number of halogens is 1. The molecule has 0 saturated carbocycles. The van der Waals surface area contributed by atoms with Crippen LogP contribution in [0.2, 0.25) is 0 Å². The molecule has 0 bridgehead atoms. The maximum atomic E-state index is 14.4. The van der Waals surface area contributed by atoms with Gasteiger partial charge in [0, 0.05) is 37.1 Å². The number of hydrogen-bond acceptors (Lipinski definition) is 6. The average Bonchev–Trinajstić information content (AvgIpc) is 2.98. The minimum atomic E-state index is -4.13. The summed E-state index contributed by atoms with van der Waals surface area (Å²) in [5.74, 6) is -1.78. The van der Waals surface area contributed by atoms with Crippen molar-refractivity contribution < 1.29 is 22.0 Å². The predicted octanol–water partition coefficient (Wildman–Crippen LogP) is 2.60. The number of sulfonamides is 1. The smallest absolute Gasteiger partial charge is 0.300 e. The summed E-state index contributed by atoms with van der Waals surface area (Å²) in [5, 5.41) is 0.124. The Kier molecular flexibility index (Phi) is 4.11. The van der Waals surface area contributed by atoms with Gasteiger partial charge in [0.25, 0.3) is 10.0 Å². The lowest BCUT2D eigenvalue weighted by Crippen LogP contribution is -2.36. The number of nitrogens with one attached hydrogen (secondary N) is 1. The zero-order valence-corrected chi connectivity index (χ0v) is 15.2. The minimum absolute atomic E-state index is 0.110. The van der Waals surface area contributed by atoms with Crippen molar-refractivity contribution in [3.63, 3.8) is 0 Å². The first kappa shape index (κ1) is 17.5. The van der Waals surface area contributed by atoms with E-state index >= 15 is 0 Å². The van der Waals surface area contributed by atoms with E-state index in [9.17, 15) is 17.6 Å². The zero-order chi connectivity index (χ0) is 19.2. The number of anilines is 1. The Morgan fingerprint density at radius 3 is 2.74 bits per heavy atom. The molecule has 0 aliphatic carbocycles. The summed E-state index contributed by atoms with van der Waals surface area (Å²) in [7, 11) is -4.13. The molecule has 7 nitrogen and oxygen atoms in total. The number of carbonyl (C=O) groups excluding carboxylic acids is 1. The van der Waals surface area contributed by atoms with Crippen LogP contribution in [0.15, 0.2) is 45.8 Å². The summed E-state index contributed by atoms with van der Waals surface area (Å²) in [6, 6.07) is 7.03. The Hall–Kier alpha value is -2.94. The number of nitrogens with zero attached hydrogens (tertiary/aromatic N) is 2. The normalized spacial score (nSPS) is 14.2. The molecule has 9 heteroatoms. The van der Waals surface area contributed by atoms with Gasteiger partial charge < -0.3 is 9.32 Å². The number of aromatic nitrogens is 1. The number of carbonyl (C=O) groups is 1. The number of furan rings is 1. The largest absolute Gasteiger partial charge is 0.451 e.